The molecule has 9 aromatic rings. The number of aryl methyl sites for hydroxylation is 12. The molecule has 0 heterocycles. The molecule has 9 rings (SSSR count). The van der Waals surface area contributed by atoms with E-state index in [2.05, 4.69) is 30.3 Å². The van der Waals surface area contributed by atoms with Gasteiger partial charge in [-0.2, -0.15) is 99.1 Å². The molecule has 1 nitrogen and oxygen atoms in total. The van der Waals surface area contributed by atoms with Gasteiger partial charge < -0.3 is 4.79 Å². The van der Waals surface area contributed by atoms with Crippen LogP contribution in [-0.4, -0.2) is 6.29 Å². The van der Waals surface area contributed by atoms with Crippen LogP contribution < -0.4 is 0 Å². The Labute approximate surface area is 544 Å². The number of benzene rings is 9. The average molecular weight is 1300 g/mol. The Hall–Kier alpha value is -2.95. The topological polar surface area (TPSA) is 17.1 Å². The quantitative estimate of drug-likeness (QED) is 0.0726. The Morgan fingerprint density at radius 3 is 1.25 bits per heavy atom. The van der Waals surface area contributed by atoms with Crippen LogP contribution in [0.2, 0.25) is 0 Å². The van der Waals surface area contributed by atoms with E-state index in [0.29, 0.717) is 27.8 Å². The summed E-state index contributed by atoms with van der Waals surface area (Å²) in [5.41, 5.74) is 17.4. The molecule has 0 saturated heterocycles. The molecule has 374 valence electrons. The van der Waals surface area contributed by atoms with Gasteiger partial charge in [0.25, 0.3) is 0 Å². The van der Waals surface area contributed by atoms with E-state index in [-0.39, 0.29) is 154 Å². The third kappa shape index (κ3) is 17.8. The van der Waals surface area contributed by atoms with Crippen LogP contribution >= 0.6 is 0 Å². The summed E-state index contributed by atoms with van der Waals surface area (Å²) in [7, 11) is 0. The van der Waals surface area contributed by atoms with Crippen molar-refractivity contribution in [2.24, 2.45) is 0 Å². The van der Waals surface area contributed by atoms with Crippen LogP contribution in [0.3, 0.4) is 0 Å². The zero-order chi connectivity index (χ0) is 51.8. The van der Waals surface area contributed by atoms with Crippen LogP contribution in [0.5, 0.6) is 0 Å². The fraction of sp³-hybridized carbons (Fsp3) is 0.197. The van der Waals surface area contributed by atoms with E-state index in [1.165, 1.54) is 6.07 Å². The van der Waals surface area contributed by atoms with Gasteiger partial charge in [0.05, 0.1) is 6.29 Å². The molecule has 0 bridgehead atoms. The van der Waals surface area contributed by atoms with E-state index in [0.717, 1.165) is 111 Å². The summed E-state index contributed by atoms with van der Waals surface area (Å²) in [4.78, 5) is 11.2. The van der Waals surface area contributed by atoms with Crippen molar-refractivity contribution in [2.75, 3.05) is 0 Å². The van der Waals surface area contributed by atoms with Crippen LogP contribution in [0.25, 0.3) is 61.0 Å². The second-order valence-corrected chi connectivity index (χ2v) is 18.6. The molecule has 0 aliphatic heterocycles. The van der Waals surface area contributed by atoms with Gasteiger partial charge in [0.15, 0.2) is 0 Å². The molecule has 0 aliphatic rings. The van der Waals surface area contributed by atoms with Gasteiger partial charge in [-0.25, -0.2) is 17.6 Å². The van der Waals surface area contributed by atoms with Gasteiger partial charge in [0.2, 0.25) is 0 Å². The summed E-state index contributed by atoms with van der Waals surface area (Å²) in [6.45, 7) is 25.2. The van der Waals surface area contributed by atoms with Gasteiger partial charge in [0.1, 0.15) is 23.3 Å². The number of aldehydes is 1. The van der Waals surface area contributed by atoms with Gasteiger partial charge in [-0.1, -0.05) is 116 Å². The average Bonchev–Trinajstić information content (AvgIpc) is 3.27. The van der Waals surface area contributed by atoms with E-state index in [1.54, 1.807) is 30.3 Å². The minimum absolute atomic E-state index is 0. The number of carbonyl (C=O) groups excluding carboxylic acids is 1. The van der Waals surface area contributed by atoms with E-state index in [9.17, 15) is 22.4 Å². The summed E-state index contributed by atoms with van der Waals surface area (Å²) in [5.74, 6) is -0.774. The Morgan fingerprint density at radius 1 is 0.373 bits per heavy atom. The van der Waals surface area contributed by atoms with Crippen molar-refractivity contribution in [2.45, 2.75) is 90.0 Å². The summed E-state index contributed by atoms with van der Waals surface area (Å²) in [5, 5.41) is 3.75. The summed E-state index contributed by atoms with van der Waals surface area (Å²) in [6.07, 6.45) is 4.75. The molecule has 0 spiro atoms. The monoisotopic (exact) mass is 1300 g/mol. The van der Waals surface area contributed by atoms with E-state index in [4.69, 9.17) is 0 Å². The van der Waals surface area contributed by atoms with Crippen molar-refractivity contribution >= 4 is 33.9 Å². The third-order valence-corrected chi connectivity index (χ3v) is 12.1. The molecular weight excluding hydrogens is 1240 g/mol. The first kappa shape index (κ1) is 68.2. The van der Waals surface area contributed by atoms with E-state index >= 15 is 0 Å². The molecule has 0 aliphatic carbocycles. The van der Waals surface area contributed by atoms with E-state index in [1.807, 2.05) is 169 Å². The molecule has 0 atom stereocenters. The first-order valence-electron chi connectivity index (χ1n) is 23.6. The standard InChI is InChI=1S/C18H18F.C17H14F.C16H14FO.C15H14F.4Y/c1-5-6-15-14(4)9-13(3)10-17(15)16-8-7-12(2)11-18(16)19;1-10-6-12(3)14-5-4-13-7-11(2)9-16(18)17(13)15(14)8-10;1-10-4-5-13(16(17)8-10)14-7-11(2)6-12(3)15(14)9-18;1-10-4-5-14(15(16)9-10)13-7-11(2)6-12(3)8-13;;;;/h5-8,10-11H,1-4H3;2*4-5,7-9H,1-3H3;4-5,7-9H,1-3H3;;;;/q4*-1;;;;. The second kappa shape index (κ2) is 31.0. The minimum Gasteiger partial charge on any atom is -0.312 e. The molecule has 75 heavy (non-hydrogen) atoms. The number of hydrogen-bond donors (Lipinski definition) is 0. The van der Waals surface area contributed by atoms with Crippen LogP contribution in [0, 0.1) is 131 Å². The van der Waals surface area contributed by atoms with Crippen LogP contribution in [-0.2, 0) is 131 Å². The van der Waals surface area contributed by atoms with Crippen molar-refractivity contribution in [3.8, 4) is 33.4 Å². The maximum Gasteiger partial charge on any atom is 0.129 e. The van der Waals surface area contributed by atoms with Crippen LogP contribution in [0.4, 0.5) is 17.6 Å². The molecule has 0 fully saturated rings. The van der Waals surface area contributed by atoms with Crippen LogP contribution in [0.1, 0.15) is 89.6 Å². The van der Waals surface area contributed by atoms with Gasteiger partial charge >= 0.3 is 0 Å². The first-order chi connectivity index (χ1) is 33.7. The molecule has 0 saturated carbocycles. The number of fused-ring (bicyclic) bond motifs is 3. The second-order valence-electron chi connectivity index (χ2n) is 18.6. The predicted molar refractivity (Wildman–Crippen MR) is 289 cm³/mol. The summed E-state index contributed by atoms with van der Waals surface area (Å²) < 4.78 is 56.2. The Kier molecular flexibility index (Phi) is 28.2. The van der Waals surface area contributed by atoms with Crippen molar-refractivity contribution in [1.29, 1.82) is 0 Å². The van der Waals surface area contributed by atoms with Crippen molar-refractivity contribution in [1.82, 2.24) is 0 Å². The zero-order valence-electron chi connectivity index (χ0n) is 45.4. The Morgan fingerprint density at radius 2 is 0.787 bits per heavy atom. The maximum absolute atomic E-state index is 14.2. The molecule has 4 radical (unpaired) electrons. The number of rotatable bonds is 5. The minimum atomic E-state index is -0.303. The largest absolute Gasteiger partial charge is 0.312 e. The van der Waals surface area contributed by atoms with Crippen molar-refractivity contribution in [3.05, 3.63) is 241 Å². The molecule has 0 N–H and O–H groups in total. The molecule has 0 unspecified atom stereocenters. The molecule has 0 aromatic heterocycles. The van der Waals surface area contributed by atoms with Gasteiger partial charge in [-0.15, -0.1) is 45.2 Å². The summed E-state index contributed by atoms with van der Waals surface area (Å²) >= 11 is 0. The fourth-order valence-electron chi connectivity index (χ4n) is 9.02. The van der Waals surface area contributed by atoms with Crippen molar-refractivity contribution < 1.29 is 153 Å². The third-order valence-electron chi connectivity index (χ3n) is 12.1. The Balaban J connectivity index is 0.000000337. The normalized spacial score (nSPS) is 10.3. The van der Waals surface area contributed by atoms with Gasteiger partial charge in [0, 0.05) is 136 Å². The SMILES string of the molecule is CC=Cc1c(C)[c-]c(C)cc1-c1ccc(C)cc1F.Cc1[c-]c(C)c(C=O)c(-c2ccc(C)cc2F)c1.Cc1[c-]c(C)c2ccc3cc(C)cc(F)c3c2c1.Cc1[c-]c(C)cc(-c2ccc(C)cc2F)c1.[Y].[Y].[Y].[Y]. The first-order valence-corrected chi connectivity index (χ1v) is 23.6. The Bertz CT molecular complexity index is 3470. The van der Waals surface area contributed by atoms with Gasteiger partial charge in [-0.3, -0.25) is 0 Å². The van der Waals surface area contributed by atoms with Crippen molar-refractivity contribution in [3.63, 3.8) is 0 Å². The molecule has 9 heteroatoms. The molecule has 0 amide bonds. The number of hydrogen-bond acceptors (Lipinski definition) is 1. The predicted octanol–water partition coefficient (Wildman–Crippen LogP) is 18.3. The molecule has 9 aromatic carbocycles. The smallest absolute Gasteiger partial charge is 0.129 e. The fourth-order valence-corrected chi connectivity index (χ4v) is 9.02. The summed E-state index contributed by atoms with van der Waals surface area (Å²) in [6, 6.07) is 46.0. The number of allylic oxidation sites excluding steroid dienone is 1. The van der Waals surface area contributed by atoms with Gasteiger partial charge in [-0.05, 0) is 103 Å². The molecular formula is C66H60F4OY4-4. The van der Waals surface area contributed by atoms with Crippen LogP contribution in [0.15, 0.2) is 115 Å². The maximum atomic E-state index is 14.2. The number of carbonyl (C=O) groups is 1. The number of halogens is 4. The zero-order valence-corrected chi connectivity index (χ0v) is 56.7. The van der Waals surface area contributed by atoms with E-state index < -0.39 is 0 Å².